The number of halogens is 1. The number of ether oxygens (including phenoxy) is 2. The predicted octanol–water partition coefficient (Wildman–Crippen LogP) is 0.793. The molecule has 3 N–H and O–H groups in total. The Kier molecular flexibility index (Phi) is 8.06. The van der Waals surface area contributed by atoms with Gasteiger partial charge in [0.25, 0.3) is 0 Å². The molecule has 0 unspecified atom stereocenters. The number of hydrogen-bond acceptors (Lipinski definition) is 5. The maximum atomic E-state index is 12.1. The monoisotopic (exact) mass is 382 g/mol. The van der Waals surface area contributed by atoms with E-state index in [2.05, 4.69) is 10.6 Å². The average Bonchev–Trinajstić information content (AvgIpc) is 2.62. The zero-order chi connectivity index (χ0) is 18.9. The maximum absolute atomic E-state index is 12.1. The van der Waals surface area contributed by atoms with Crippen molar-refractivity contribution in [2.24, 2.45) is 0 Å². The first-order chi connectivity index (χ1) is 12.5. The molecule has 3 atom stereocenters. The first kappa shape index (κ1) is 20.4. The minimum absolute atomic E-state index is 0.0704. The van der Waals surface area contributed by atoms with Gasteiger partial charge in [-0.3, -0.25) is 9.59 Å². The maximum Gasteiger partial charge on any atom is 0.246 e. The zero-order valence-electron chi connectivity index (χ0n) is 14.5. The summed E-state index contributed by atoms with van der Waals surface area (Å²) in [6, 6.07) is 6.75. The standard InChI is InChI=1S/C18H23ClN2O5/c1-25-11-18(24)21-15-7-6-14(26-16(15)10-22)8-17(23)20-9-12-2-4-13(19)5-3-12/h2-7,14-16,22H,8-11H2,1H3,(H,20,23)(H,21,24)/t14-,15+,16-/m0/s1. The summed E-state index contributed by atoms with van der Waals surface area (Å²) in [7, 11) is 1.43. The Morgan fingerprint density at radius 3 is 2.62 bits per heavy atom. The Morgan fingerprint density at radius 1 is 1.23 bits per heavy atom. The number of benzene rings is 1. The third-order valence-electron chi connectivity index (χ3n) is 3.86. The number of aliphatic hydroxyl groups excluding tert-OH is 1. The van der Waals surface area contributed by atoms with E-state index in [0.717, 1.165) is 5.56 Å². The van der Waals surface area contributed by atoms with Crippen LogP contribution in [-0.4, -0.2) is 55.5 Å². The molecule has 1 aromatic carbocycles. The Hall–Kier alpha value is -1.93. The molecule has 2 rings (SSSR count). The van der Waals surface area contributed by atoms with Gasteiger partial charge in [0.05, 0.1) is 25.2 Å². The Morgan fingerprint density at radius 2 is 1.96 bits per heavy atom. The van der Waals surface area contributed by atoms with Crippen molar-refractivity contribution in [1.82, 2.24) is 10.6 Å². The van der Waals surface area contributed by atoms with Crippen molar-refractivity contribution >= 4 is 23.4 Å². The highest BCUT2D eigenvalue weighted by molar-refractivity contribution is 6.30. The summed E-state index contributed by atoms with van der Waals surface area (Å²) >= 11 is 5.83. The lowest BCUT2D eigenvalue weighted by Crippen LogP contribution is -2.49. The molecule has 0 saturated heterocycles. The van der Waals surface area contributed by atoms with Gasteiger partial charge < -0.3 is 25.2 Å². The molecule has 1 aliphatic heterocycles. The van der Waals surface area contributed by atoms with E-state index in [1.807, 2.05) is 12.1 Å². The molecule has 0 saturated carbocycles. The predicted molar refractivity (Wildman–Crippen MR) is 96.6 cm³/mol. The van der Waals surface area contributed by atoms with Crippen LogP contribution < -0.4 is 10.6 Å². The summed E-state index contributed by atoms with van der Waals surface area (Å²) in [5.74, 6) is -0.475. The van der Waals surface area contributed by atoms with Crippen LogP contribution in [0.25, 0.3) is 0 Å². The lowest BCUT2D eigenvalue weighted by molar-refractivity contribution is -0.130. The molecule has 0 aliphatic carbocycles. The van der Waals surface area contributed by atoms with Crippen molar-refractivity contribution in [3.05, 3.63) is 47.0 Å². The van der Waals surface area contributed by atoms with Gasteiger partial charge in [-0.2, -0.15) is 0 Å². The average molecular weight is 383 g/mol. The SMILES string of the molecule is COCC(=O)N[C@@H]1C=C[C@@H](CC(=O)NCc2ccc(Cl)cc2)O[C@H]1CO. The molecule has 7 nitrogen and oxygen atoms in total. The number of hydrogen-bond donors (Lipinski definition) is 3. The number of nitrogens with one attached hydrogen (secondary N) is 2. The van der Waals surface area contributed by atoms with E-state index in [1.54, 1.807) is 24.3 Å². The molecule has 0 bridgehead atoms. The van der Waals surface area contributed by atoms with Crippen LogP contribution in [-0.2, 0) is 25.6 Å². The summed E-state index contributed by atoms with van der Waals surface area (Å²) in [4.78, 5) is 23.7. The Balaban J connectivity index is 1.82. The normalized spacial score (nSPS) is 22.0. The van der Waals surface area contributed by atoms with Gasteiger partial charge in [0.2, 0.25) is 11.8 Å². The van der Waals surface area contributed by atoms with Gasteiger partial charge in [-0.05, 0) is 17.7 Å². The lowest BCUT2D eigenvalue weighted by atomic mass is 10.0. The van der Waals surface area contributed by atoms with Crippen molar-refractivity contribution in [3.8, 4) is 0 Å². The van der Waals surface area contributed by atoms with Gasteiger partial charge in [-0.25, -0.2) is 0 Å². The highest BCUT2D eigenvalue weighted by Gasteiger charge is 2.28. The largest absolute Gasteiger partial charge is 0.394 e. The molecule has 0 aromatic heterocycles. The van der Waals surface area contributed by atoms with Crippen LogP contribution >= 0.6 is 11.6 Å². The molecule has 142 valence electrons. The summed E-state index contributed by atoms with van der Waals surface area (Å²) in [6.07, 6.45) is 2.49. The highest BCUT2D eigenvalue weighted by Crippen LogP contribution is 2.16. The Labute approximate surface area is 157 Å². The van der Waals surface area contributed by atoms with Crippen LogP contribution in [0, 0.1) is 0 Å². The van der Waals surface area contributed by atoms with Crippen molar-refractivity contribution in [1.29, 1.82) is 0 Å². The second kappa shape index (κ2) is 10.3. The fourth-order valence-electron chi connectivity index (χ4n) is 2.55. The second-order valence-corrected chi connectivity index (χ2v) is 6.35. The number of amides is 2. The van der Waals surface area contributed by atoms with Crippen LogP contribution in [0.4, 0.5) is 0 Å². The number of aliphatic hydroxyl groups is 1. The molecule has 0 fully saturated rings. The fraction of sp³-hybridized carbons (Fsp3) is 0.444. The summed E-state index contributed by atoms with van der Waals surface area (Å²) in [5.41, 5.74) is 0.942. The van der Waals surface area contributed by atoms with E-state index in [1.165, 1.54) is 7.11 Å². The van der Waals surface area contributed by atoms with Gasteiger partial charge in [0.1, 0.15) is 12.7 Å². The molecular weight excluding hydrogens is 360 g/mol. The minimum Gasteiger partial charge on any atom is -0.394 e. The van der Waals surface area contributed by atoms with Gasteiger partial charge in [-0.15, -0.1) is 0 Å². The van der Waals surface area contributed by atoms with E-state index in [4.69, 9.17) is 21.1 Å². The minimum atomic E-state index is -0.616. The molecule has 1 aliphatic rings. The topological polar surface area (TPSA) is 96.9 Å². The lowest BCUT2D eigenvalue weighted by Gasteiger charge is -2.31. The summed E-state index contributed by atoms with van der Waals surface area (Å²) in [6.45, 7) is 0.0513. The van der Waals surface area contributed by atoms with Gasteiger partial charge >= 0.3 is 0 Å². The van der Waals surface area contributed by atoms with E-state index < -0.39 is 18.2 Å². The first-order valence-corrected chi connectivity index (χ1v) is 8.63. The second-order valence-electron chi connectivity index (χ2n) is 5.91. The number of rotatable bonds is 8. The summed E-state index contributed by atoms with van der Waals surface area (Å²) in [5, 5.41) is 15.6. The molecule has 1 aromatic rings. The molecule has 0 spiro atoms. The highest BCUT2D eigenvalue weighted by atomic mass is 35.5. The van der Waals surface area contributed by atoms with Crippen LogP contribution in [0.15, 0.2) is 36.4 Å². The smallest absolute Gasteiger partial charge is 0.246 e. The van der Waals surface area contributed by atoms with Crippen LogP contribution in [0.5, 0.6) is 0 Å². The van der Waals surface area contributed by atoms with Crippen LogP contribution in [0.1, 0.15) is 12.0 Å². The summed E-state index contributed by atoms with van der Waals surface area (Å²) < 4.78 is 10.5. The van der Waals surface area contributed by atoms with E-state index in [9.17, 15) is 14.7 Å². The van der Waals surface area contributed by atoms with E-state index in [0.29, 0.717) is 11.6 Å². The zero-order valence-corrected chi connectivity index (χ0v) is 15.2. The van der Waals surface area contributed by atoms with Crippen molar-refractivity contribution < 1.29 is 24.2 Å². The quantitative estimate of drug-likeness (QED) is 0.578. The number of carbonyl (C=O) groups excluding carboxylic acids is 2. The third-order valence-corrected chi connectivity index (χ3v) is 4.11. The van der Waals surface area contributed by atoms with E-state index >= 15 is 0 Å². The fourth-order valence-corrected chi connectivity index (χ4v) is 2.68. The molecule has 1 heterocycles. The van der Waals surface area contributed by atoms with Crippen molar-refractivity contribution in [2.45, 2.75) is 31.2 Å². The number of methoxy groups -OCH3 is 1. The molecule has 26 heavy (non-hydrogen) atoms. The van der Waals surface area contributed by atoms with Crippen LogP contribution in [0.3, 0.4) is 0 Å². The first-order valence-electron chi connectivity index (χ1n) is 8.26. The Bertz CT molecular complexity index is 635. The van der Waals surface area contributed by atoms with Crippen LogP contribution in [0.2, 0.25) is 5.02 Å². The molecule has 8 heteroatoms. The molecular formula is C18H23ClN2O5. The van der Waals surface area contributed by atoms with E-state index in [-0.39, 0.29) is 31.4 Å². The van der Waals surface area contributed by atoms with Gasteiger partial charge in [0.15, 0.2) is 0 Å². The van der Waals surface area contributed by atoms with Gasteiger partial charge in [0, 0.05) is 18.7 Å². The molecule has 2 amide bonds. The number of carbonyl (C=O) groups is 2. The van der Waals surface area contributed by atoms with Crippen molar-refractivity contribution in [2.75, 3.05) is 20.3 Å². The third kappa shape index (κ3) is 6.42. The van der Waals surface area contributed by atoms with Gasteiger partial charge in [-0.1, -0.05) is 35.9 Å². The molecule has 0 radical (unpaired) electrons. The van der Waals surface area contributed by atoms with Crippen molar-refractivity contribution in [3.63, 3.8) is 0 Å².